The molecule has 0 N–H and O–H groups in total. The van der Waals surface area contributed by atoms with E-state index < -0.39 is 15.7 Å². The molecule has 0 atom stereocenters. The zero-order valence-corrected chi connectivity index (χ0v) is 20.7. The summed E-state index contributed by atoms with van der Waals surface area (Å²) in [4.78, 5) is 14.7. The fourth-order valence-corrected chi connectivity index (χ4v) is 7.15. The van der Waals surface area contributed by atoms with Crippen LogP contribution in [0.2, 0.25) is 5.02 Å². The lowest BCUT2D eigenvalue weighted by atomic mass is 10.0. The van der Waals surface area contributed by atoms with Gasteiger partial charge in [-0.15, -0.1) is 0 Å². The highest BCUT2D eigenvalue weighted by atomic mass is 35.5. The van der Waals surface area contributed by atoms with Crippen LogP contribution in [0.4, 0.5) is 0 Å². The molecular weight excluding hydrogens is 464 g/mol. The van der Waals surface area contributed by atoms with Crippen LogP contribution in [0.25, 0.3) is 0 Å². The van der Waals surface area contributed by atoms with Crippen LogP contribution in [0, 0.1) is 20.8 Å². The predicted octanol–water partition coefficient (Wildman–Crippen LogP) is 3.68. The third-order valence-electron chi connectivity index (χ3n) is 6.35. The number of nitrogens with zero attached hydrogens (tertiary/aromatic N) is 2. The van der Waals surface area contributed by atoms with E-state index in [0.717, 1.165) is 16.7 Å². The Labute approximate surface area is 200 Å². The van der Waals surface area contributed by atoms with E-state index in [-0.39, 0.29) is 12.5 Å². The second-order valence-corrected chi connectivity index (χ2v) is 11.0. The third-order valence-corrected chi connectivity index (χ3v) is 8.85. The highest BCUT2D eigenvalue weighted by Crippen LogP contribution is 2.39. The van der Waals surface area contributed by atoms with Crippen LogP contribution in [0.3, 0.4) is 0 Å². The number of benzene rings is 2. The SMILES string of the molecule is Cc1cc(C)c(S(=O)(=O)N2CCOC23CCN(C(=O)COc2ccc(Cl)cc2)CC3)c(C)c1. The predicted molar refractivity (Wildman–Crippen MR) is 126 cm³/mol. The van der Waals surface area contributed by atoms with E-state index >= 15 is 0 Å². The number of hydrogen-bond donors (Lipinski definition) is 0. The zero-order chi connectivity index (χ0) is 23.8. The van der Waals surface area contributed by atoms with Gasteiger partial charge in [-0.25, -0.2) is 8.42 Å². The van der Waals surface area contributed by atoms with E-state index in [0.29, 0.717) is 54.8 Å². The molecule has 7 nitrogen and oxygen atoms in total. The molecule has 0 unspecified atom stereocenters. The van der Waals surface area contributed by atoms with E-state index in [2.05, 4.69) is 0 Å². The Morgan fingerprint density at radius 3 is 2.27 bits per heavy atom. The van der Waals surface area contributed by atoms with Gasteiger partial charge in [0.25, 0.3) is 5.91 Å². The van der Waals surface area contributed by atoms with Gasteiger partial charge in [0.15, 0.2) is 6.61 Å². The summed E-state index contributed by atoms with van der Waals surface area (Å²) in [6.07, 6.45) is 0.839. The van der Waals surface area contributed by atoms with Gasteiger partial charge in [0, 0.05) is 37.5 Å². The number of rotatable bonds is 5. The fraction of sp³-hybridized carbons (Fsp3) is 0.458. The Morgan fingerprint density at radius 1 is 1.06 bits per heavy atom. The first-order valence-corrected chi connectivity index (χ1v) is 12.8. The first kappa shape index (κ1) is 24.0. The summed E-state index contributed by atoms with van der Waals surface area (Å²) in [5, 5.41) is 0.599. The topological polar surface area (TPSA) is 76.2 Å². The van der Waals surface area contributed by atoms with Crippen LogP contribution < -0.4 is 4.74 Å². The van der Waals surface area contributed by atoms with Crippen molar-refractivity contribution in [1.82, 2.24) is 9.21 Å². The van der Waals surface area contributed by atoms with Crippen molar-refractivity contribution in [2.24, 2.45) is 0 Å². The number of piperidine rings is 1. The minimum atomic E-state index is -3.74. The van der Waals surface area contributed by atoms with Crippen molar-refractivity contribution in [3.8, 4) is 5.75 Å². The molecule has 0 aromatic heterocycles. The molecule has 0 radical (unpaired) electrons. The Hall–Kier alpha value is -2.13. The van der Waals surface area contributed by atoms with Gasteiger partial charge < -0.3 is 14.4 Å². The van der Waals surface area contributed by atoms with Crippen molar-refractivity contribution in [2.75, 3.05) is 32.8 Å². The number of likely N-dealkylation sites (tertiary alicyclic amines) is 1. The van der Waals surface area contributed by atoms with Crippen molar-refractivity contribution in [3.05, 3.63) is 58.1 Å². The van der Waals surface area contributed by atoms with Gasteiger partial charge in [-0.1, -0.05) is 29.3 Å². The summed E-state index contributed by atoms with van der Waals surface area (Å²) in [6.45, 7) is 7.00. The summed E-state index contributed by atoms with van der Waals surface area (Å²) in [5.41, 5.74) is 1.59. The lowest BCUT2D eigenvalue weighted by Crippen LogP contribution is -2.56. The maximum atomic E-state index is 13.7. The molecular formula is C24H29ClN2O5S. The van der Waals surface area contributed by atoms with Crippen molar-refractivity contribution < 1.29 is 22.7 Å². The van der Waals surface area contributed by atoms with Crippen LogP contribution >= 0.6 is 11.6 Å². The maximum absolute atomic E-state index is 13.7. The molecule has 2 fully saturated rings. The summed E-state index contributed by atoms with van der Waals surface area (Å²) < 4.78 is 40.5. The average molecular weight is 493 g/mol. The molecule has 2 aliphatic rings. The van der Waals surface area contributed by atoms with E-state index in [1.54, 1.807) is 29.2 Å². The van der Waals surface area contributed by atoms with Crippen LogP contribution in [0.15, 0.2) is 41.3 Å². The van der Waals surface area contributed by atoms with E-state index in [4.69, 9.17) is 21.1 Å². The van der Waals surface area contributed by atoms with E-state index in [1.807, 2.05) is 32.9 Å². The molecule has 2 aliphatic heterocycles. The average Bonchev–Trinajstić information content (AvgIpc) is 3.16. The molecule has 0 saturated carbocycles. The highest BCUT2D eigenvalue weighted by molar-refractivity contribution is 7.89. The molecule has 2 saturated heterocycles. The number of amides is 1. The monoisotopic (exact) mass is 492 g/mol. The maximum Gasteiger partial charge on any atom is 0.260 e. The molecule has 178 valence electrons. The number of sulfonamides is 1. The Morgan fingerprint density at radius 2 is 1.67 bits per heavy atom. The van der Waals surface area contributed by atoms with Crippen LogP contribution in [-0.2, 0) is 19.6 Å². The van der Waals surface area contributed by atoms with E-state index in [9.17, 15) is 13.2 Å². The van der Waals surface area contributed by atoms with Gasteiger partial charge in [-0.05, 0) is 56.2 Å². The van der Waals surface area contributed by atoms with Gasteiger partial charge in [-0.3, -0.25) is 4.79 Å². The number of hydrogen-bond acceptors (Lipinski definition) is 5. The van der Waals surface area contributed by atoms with Gasteiger partial charge in [0.1, 0.15) is 11.5 Å². The number of aryl methyl sites for hydroxylation is 3. The second-order valence-electron chi connectivity index (χ2n) is 8.72. The summed E-state index contributed by atoms with van der Waals surface area (Å²) >= 11 is 5.87. The number of ether oxygens (including phenoxy) is 2. The molecule has 1 spiro atoms. The number of halogens is 1. The Balaban J connectivity index is 1.45. The number of carbonyl (C=O) groups is 1. The minimum absolute atomic E-state index is 0.0841. The van der Waals surface area contributed by atoms with Crippen molar-refractivity contribution in [2.45, 2.75) is 44.2 Å². The van der Waals surface area contributed by atoms with E-state index in [1.165, 1.54) is 4.31 Å². The molecule has 0 aliphatic carbocycles. The Kier molecular flexibility index (Phi) is 6.73. The van der Waals surface area contributed by atoms with Crippen molar-refractivity contribution in [1.29, 1.82) is 0 Å². The first-order valence-electron chi connectivity index (χ1n) is 11.0. The molecule has 4 rings (SSSR count). The van der Waals surface area contributed by atoms with Gasteiger partial charge in [-0.2, -0.15) is 4.31 Å². The lowest BCUT2D eigenvalue weighted by Gasteiger charge is -2.43. The zero-order valence-electron chi connectivity index (χ0n) is 19.1. The van der Waals surface area contributed by atoms with Crippen molar-refractivity contribution in [3.63, 3.8) is 0 Å². The van der Waals surface area contributed by atoms with Crippen LogP contribution in [0.5, 0.6) is 5.75 Å². The standard InChI is InChI=1S/C24H29ClN2O5S/c1-17-14-18(2)23(19(3)15-17)33(29,30)27-12-13-32-24(27)8-10-26(11-9-24)22(28)16-31-21-6-4-20(25)5-7-21/h4-7,14-15H,8-13,16H2,1-3H3. The smallest absolute Gasteiger partial charge is 0.260 e. The third kappa shape index (κ3) is 4.75. The summed E-state index contributed by atoms with van der Waals surface area (Å²) in [6, 6.07) is 10.6. The quantitative estimate of drug-likeness (QED) is 0.636. The summed E-state index contributed by atoms with van der Waals surface area (Å²) in [7, 11) is -3.74. The van der Waals surface area contributed by atoms with Crippen LogP contribution in [-0.4, -0.2) is 62.1 Å². The van der Waals surface area contributed by atoms with Gasteiger partial charge in [0.05, 0.1) is 11.5 Å². The summed E-state index contributed by atoms with van der Waals surface area (Å²) in [5.74, 6) is 0.430. The number of carbonyl (C=O) groups excluding carboxylic acids is 1. The molecule has 33 heavy (non-hydrogen) atoms. The van der Waals surface area contributed by atoms with Crippen LogP contribution in [0.1, 0.15) is 29.5 Å². The second kappa shape index (κ2) is 9.25. The molecule has 1 amide bonds. The molecule has 2 aromatic carbocycles. The minimum Gasteiger partial charge on any atom is -0.484 e. The molecule has 2 aromatic rings. The Bertz CT molecular complexity index is 1120. The largest absolute Gasteiger partial charge is 0.484 e. The highest BCUT2D eigenvalue weighted by Gasteiger charge is 2.51. The first-order chi connectivity index (χ1) is 15.6. The van der Waals surface area contributed by atoms with Gasteiger partial charge >= 0.3 is 0 Å². The van der Waals surface area contributed by atoms with Crippen molar-refractivity contribution >= 4 is 27.5 Å². The molecule has 0 bridgehead atoms. The lowest BCUT2D eigenvalue weighted by molar-refractivity contribution is -0.142. The normalized spacial score (nSPS) is 18.6. The van der Waals surface area contributed by atoms with Gasteiger partial charge in [0.2, 0.25) is 10.0 Å². The molecule has 2 heterocycles. The fourth-order valence-electron chi connectivity index (χ4n) is 4.88. The molecule has 9 heteroatoms.